The van der Waals surface area contributed by atoms with Gasteiger partial charge in [-0.1, -0.05) is 18.2 Å². The van der Waals surface area contributed by atoms with Crippen LogP contribution in [0.25, 0.3) is 33.5 Å². The first-order chi connectivity index (χ1) is 13.7. The number of aromatic amines is 1. The fourth-order valence-electron chi connectivity index (χ4n) is 3.41. The van der Waals surface area contributed by atoms with Crippen LogP contribution >= 0.6 is 0 Å². The minimum atomic E-state index is 0.558. The highest BCUT2D eigenvalue weighted by Gasteiger charge is 2.14. The highest BCUT2D eigenvalue weighted by atomic mass is 15.1. The molecule has 2 N–H and O–H groups in total. The summed E-state index contributed by atoms with van der Waals surface area (Å²) in [7, 11) is 1.97. The Morgan fingerprint density at radius 1 is 1.18 bits per heavy atom. The average molecular weight is 370 g/mol. The molecule has 0 aliphatic heterocycles. The molecule has 0 bridgehead atoms. The molecule has 4 heterocycles. The van der Waals surface area contributed by atoms with Crippen molar-refractivity contribution in [3.8, 4) is 11.4 Å². The zero-order chi connectivity index (χ0) is 19.1. The van der Waals surface area contributed by atoms with Crippen molar-refractivity contribution in [2.24, 2.45) is 7.05 Å². The molecule has 8 heteroatoms. The van der Waals surface area contributed by atoms with E-state index in [1.807, 2.05) is 17.8 Å². The molecule has 5 rings (SSSR count). The Kier molecular flexibility index (Phi) is 3.75. The lowest BCUT2D eigenvalue weighted by atomic mass is 10.0. The van der Waals surface area contributed by atoms with Crippen LogP contribution in [0.4, 0.5) is 5.82 Å². The summed E-state index contributed by atoms with van der Waals surface area (Å²) in [4.78, 5) is 25.0. The second-order valence-corrected chi connectivity index (χ2v) is 6.71. The number of fused-ring (bicyclic) bond motifs is 2. The second kappa shape index (κ2) is 6.41. The lowest BCUT2D eigenvalue weighted by Gasteiger charge is -2.13. The lowest BCUT2D eigenvalue weighted by Crippen LogP contribution is -2.06. The van der Waals surface area contributed by atoms with Crippen LogP contribution < -0.4 is 5.32 Å². The summed E-state index contributed by atoms with van der Waals surface area (Å²) in [5.74, 6) is 0.711. The standard InChI is InChI=1S/C20H18N8/c1-12-4-3-5-13-6-14(17(27-16(12)13)15-8-21-11-28(15)2)7-22-19-18-20(24-9-23-18)26-10-25-19/h3-6,8-11H,7H2,1-2H3,(H2,22,23,24,25,26). The number of para-hydroxylation sites is 1. The van der Waals surface area contributed by atoms with Gasteiger partial charge in [0.25, 0.3) is 0 Å². The molecule has 138 valence electrons. The Morgan fingerprint density at radius 2 is 2.11 bits per heavy atom. The maximum absolute atomic E-state index is 4.99. The van der Waals surface area contributed by atoms with Gasteiger partial charge in [0.05, 0.1) is 35.8 Å². The molecule has 28 heavy (non-hydrogen) atoms. The van der Waals surface area contributed by atoms with Gasteiger partial charge in [-0.25, -0.2) is 24.9 Å². The van der Waals surface area contributed by atoms with Gasteiger partial charge in [-0.3, -0.25) is 0 Å². The number of H-pyrrole nitrogens is 1. The Hall–Kier alpha value is -3.81. The predicted molar refractivity (Wildman–Crippen MR) is 108 cm³/mol. The first kappa shape index (κ1) is 16.4. The molecule has 0 aliphatic rings. The van der Waals surface area contributed by atoms with Crippen LogP contribution in [0.2, 0.25) is 0 Å². The van der Waals surface area contributed by atoms with Crippen LogP contribution in [-0.4, -0.2) is 34.5 Å². The molecule has 0 radical (unpaired) electrons. The van der Waals surface area contributed by atoms with Gasteiger partial charge >= 0.3 is 0 Å². The third kappa shape index (κ3) is 2.66. The number of nitrogens with one attached hydrogen (secondary N) is 2. The smallest absolute Gasteiger partial charge is 0.182 e. The third-order valence-corrected chi connectivity index (χ3v) is 4.86. The number of hydrogen-bond donors (Lipinski definition) is 2. The molecular formula is C20H18N8. The number of benzene rings is 1. The minimum Gasteiger partial charge on any atom is -0.364 e. The Labute approximate surface area is 160 Å². The van der Waals surface area contributed by atoms with Crippen LogP contribution in [-0.2, 0) is 13.6 Å². The van der Waals surface area contributed by atoms with E-state index in [-0.39, 0.29) is 0 Å². The van der Waals surface area contributed by atoms with Crippen LogP contribution in [0.1, 0.15) is 11.1 Å². The van der Waals surface area contributed by atoms with E-state index >= 15 is 0 Å². The number of imidazole rings is 2. The number of aromatic nitrogens is 7. The van der Waals surface area contributed by atoms with Crippen molar-refractivity contribution >= 4 is 27.9 Å². The lowest BCUT2D eigenvalue weighted by molar-refractivity contribution is 0.913. The fourth-order valence-corrected chi connectivity index (χ4v) is 3.41. The SMILES string of the molecule is Cc1cccc2cc(CNc3ncnc4nc[nH]c34)c(-c3cncn3C)nc12. The summed E-state index contributed by atoms with van der Waals surface area (Å²) in [6.45, 7) is 2.64. The summed E-state index contributed by atoms with van der Waals surface area (Å²) in [6, 6.07) is 8.40. The molecular weight excluding hydrogens is 352 g/mol. The van der Waals surface area contributed by atoms with E-state index < -0.39 is 0 Å². The third-order valence-electron chi connectivity index (χ3n) is 4.86. The van der Waals surface area contributed by atoms with Crippen LogP contribution in [0, 0.1) is 6.92 Å². The van der Waals surface area contributed by atoms with E-state index in [1.54, 1.807) is 12.7 Å². The van der Waals surface area contributed by atoms with Gasteiger partial charge in [0.1, 0.15) is 11.8 Å². The highest BCUT2D eigenvalue weighted by molar-refractivity contribution is 5.86. The normalized spacial score (nSPS) is 11.4. The number of pyridine rings is 1. The molecule has 1 aromatic carbocycles. The molecule has 0 fully saturated rings. The largest absolute Gasteiger partial charge is 0.364 e. The highest BCUT2D eigenvalue weighted by Crippen LogP contribution is 2.28. The minimum absolute atomic E-state index is 0.558. The molecule has 0 spiro atoms. The molecule has 0 amide bonds. The first-order valence-electron chi connectivity index (χ1n) is 8.94. The van der Waals surface area contributed by atoms with Crippen molar-refractivity contribution in [2.45, 2.75) is 13.5 Å². The number of aryl methyl sites for hydroxylation is 2. The van der Waals surface area contributed by atoms with Crippen molar-refractivity contribution in [3.05, 3.63) is 60.6 Å². The molecule has 0 saturated heterocycles. The number of rotatable bonds is 4. The van der Waals surface area contributed by atoms with Crippen molar-refractivity contribution < 1.29 is 0 Å². The van der Waals surface area contributed by atoms with E-state index in [9.17, 15) is 0 Å². The zero-order valence-corrected chi connectivity index (χ0v) is 15.5. The van der Waals surface area contributed by atoms with Crippen molar-refractivity contribution in [1.29, 1.82) is 0 Å². The molecule has 0 aliphatic carbocycles. The van der Waals surface area contributed by atoms with Gasteiger partial charge in [-0.2, -0.15) is 0 Å². The monoisotopic (exact) mass is 370 g/mol. The number of anilines is 1. The van der Waals surface area contributed by atoms with E-state index in [0.717, 1.165) is 38.9 Å². The van der Waals surface area contributed by atoms with Gasteiger partial charge in [0.2, 0.25) is 0 Å². The average Bonchev–Trinajstić information content (AvgIpc) is 3.35. The zero-order valence-electron chi connectivity index (χ0n) is 15.5. The van der Waals surface area contributed by atoms with Crippen LogP contribution in [0.5, 0.6) is 0 Å². The molecule has 4 aromatic heterocycles. The van der Waals surface area contributed by atoms with Crippen LogP contribution in [0.15, 0.2) is 49.4 Å². The van der Waals surface area contributed by atoms with Gasteiger partial charge in [-0.15, -0.1) is 0 Å². The quantitative estimate of drug-likeness (QED) is 0.504. The molecule has 0 atom stereocenters. The van der Waals surface area contributed by atoms with Crippen LogP contribution in [0.3, 0.4) is 0 Å². The van der Waals surface area contributed by atoms with E-state index in [4.69, 9.17) is 4.98 Å². The van der Waals surface area contributed by atoms with E-state index in [0.29, 0.717) is 18.0 Å². The van der Waals surface area contributed by atoms with Gasteiger partial charge < -0.3 is 14.9 Å². The van der Waals surface area contributed by atoms with E-state index in [1.165, 1.54) is 6.33 Å². The number of hydrogen-bond acceptors (Lipinski definition) is 6. The fraction of sp³-hybridized carbons (Fsp3) is 0.150. The molecule has 8 nitrogen and oxygen atoms in total. The Bertz CT molecular complexity index is 1300. The maximum Gasteiger partial charge on any atom is 0.182 e. The Morgan fingerprint density at radius 3 is 2.96 bits per heavy atom. The summed E-state index contributed by atoms with van der Waals surface area (Å²) in [5.41, 5.74) is 6.51. The maximum atomic E-state index is 4.99. The first-order valence-corrected chi connectivity index (χ1v) is 8.94. The second-order valence-electron chi connectivity index (χ2n) is 6.71. The summed E-state index contributed by atoms with van der Waals surface area (Å²) in [5, 5.41) is 4.51. The van der Waals surface area contributed by atoms with Crippen molar-refractivity contribution in [2.75, 3.05) is 5.32 Å². The molecule has 0 unspecified atom stereocenters. The van der Waals surface area contributed by atoms with Gasteiger partial charge in [0.15, 0.2) is 11.5 Å². The summed E-state index contributed by atoms with van der Waals surface area (Å²) < 4.78 is 1.98. The molecule has 0 saturated carbocycles. The molecule has 5 aromatic rings. The number of nitrogens with zero attached hydrogens (tertiary/aromatic N) is 6. The van der Waals surface area contributed by atoms with E-state index in [2.05, 4.69) is 61.4 Å². The van der Waals surface area contributed by atoms with Gasteiger partial charge in [-0.05, 0) is 24.1 Å². The van der Waals surface area contributed by atoms with Crippen molar-refractivity contribution in [3.63, 3.8) is 0 Å². The topological polar surface area (TPSA) is 97.2 Å². The van der Waals surface area contributed by atoms with Gasteiger partial charge in [0, 0.05) is 19.0 Å². The van der Waals surface area contributed by atoms with Crippen molar-refractivity contribution in [1.82, 2.24) is 34.5 Å². The Balaban J connectivity index is 1.61. The summed E-state index contributed by atoms with van der Waals surface area (Å²) >= 11 is 0. The summed E-state index contributed by atoms with van der Waals surface area (Å²) in [6.07, 6.45) is 6.75. The predicted octanol–water partition coefficient (Wildman–Crippen LogP) is 3.22.